The second kappa shape index (κ2) is 5.60. The second-order valence-corrected chi connectivity index (χ2v) is 5.49. The van der Waals surface area contributed by atoms with Gasteiger partial charge >= 0.3 is 0 Å². The van der Waals surface area contributed by atoms with Gasteiger partial charge in [-0.2, -0.15) is 0 Å². The first-order valence-corrected chi connectivity index (χ1v) is 7.18. The molecule has 0 fully saturated rings. The number of nitrogens with zero attached hydrogens (tertiary/aromatic N) is 2. The smallest absolute Gasteiger partial charge is 0.253 e. The Balaban J connectivity index is 1.75. The quantitative estimate of drug-likeness (QED) is 0.941. The van der Waals surface area contributed by atoms with E-state index in [4.69, 9.17) is 4.52 Å². The molecule has 0 saturated heterocycles. The molecule has 21 heavy (non-hydrogen) atoms. The third-order valence-corrected chi connectivity index (χ3v) is 3.71. The van der Waals surface area contributed by atoms with Crippen molar-refractivity contribution < 1.29 is 9.32 Å². The SMILES string of the molecule is Cc1cc(CN(C)C(=O)c2ccc3c(c2)CCCN3)no1. The van der Waals surface area contributed by atoms with Crippen LogP contribution in [0, 0.1) is 6.92 Å². The summed E-state index contributed by atoms with van der Waals surface area (Å²) in [6.07, 6.45) is 2.13. The van der Waals surface area contributed by atoms with Crippen molar-refractivity contribution in [2.75, 3.05) is 18.9 Å². The molecule has 2 heterocycles. The molecule has 5 nitrogen and oxygen atoms in total. The lowest BCUT2D eigenvalue weighted by Crippen LogP contribution is -2.26. The van der Waals surface area contributed by atoms with Gasteiger partial charge in [-0.3, -0.25) is 4.79 Å². The summed E-state index contributed by atoms with van der Waals surface area (Å²) in [5, 5.41) is 7.28. The Labute approximate surface area is 123 Å². The summed E-state index contributed by atoms with van der Waals surface area (Å²) in [7, 11) is 1.78. The maximum absolute atomic E-state index is 12.5. The number of anilines is 1. The van der Waals surface area contributed by atoms with Crippen molar-refractivity contribution in [3.8, 4) is 0 Å². The van der Waals surface area contributed by atoms with E-state index in [0.717, 1.165) is 42.1 Å². The van der Waals surface area contributed by atoms with E-state index in [2.05, 4.69) is 10.5 Å². The number of benzene rings is 1. The average molecular weight is 285 g/mol. The summed E-state index contributed by atoms with van der Waals surface area (Å²) in [5.74, 6) is 0.759. The van der Waals surface area contributed by atoms with E-state index < -0.39 is 0 Å². The summed E-state index contributed by atoms with van der Waals surface area (Å²) in [4.78, 5) is 14.2. The van der Waals surface area contributed by atoms with Crippen molar-refractivity contribution in [1.29, 1.82) is 0 Å². The zero-order chi connectivity index (χ0) is 14.8. The van der Waals surface area contributed by atoms with Crippen LogP contribution in [0.5, 0.6) is 0 Å². The van der Waals surface area contributed by atoms with Crippen LogP contribution in [0.2, 0.25) is 0 Å². The highest BCUT2D eigenvalue weighted by Crippen LogP contribution is 2.23. The van der Waals surface area contributed by atoms with Crippen molar-refractivity contribution in [1.82, 2.24) is 10.1 Å². The maximum Gasteiger partial charge on any atom is 0.253 e. The van der Waals surface area contributed by atoms with Gasteiger partial charge < -0.3 is 14.7 Å². The molecule has 0 unspecified atom stereocenters. The Hall–Kier alpha value is -2.30. The van der Waals surface area contributed by atoms with Crippen LogP contribution < -0.4 is 5.32 Å². The maximum atomic E-state index is 12.5. The highest BCUT2D eigenvalue weighted by Gasteiger charge is 2.16. The summed E-state index contributed by atoms with van der Waals surface area (Å²) in [6, 6.07) is 7.72. The molecule has 110 valence electrons. The van der Waals surface area contributed by atoms with Crippen molar-refractivity contribution in [2.24, 2.45) is 0 Å². The fraction of sp³-hybridized carbons (Fsp3) is 0.375. The summed E-state index contributed by atoms with van der Waals surface area (Å²) >= 11 is 0. The van der Waals surface area contributed by atoms with Crippen LogP contribution in [0.1, 0.15) is 33.8 Å². The molecule has 0 spiro atoms. The third-order valence-electron chi connectivity index (χ3n) is 3.71. The zero-order valence-corrected chi connectivity index (χ0v) is 12.3. The van der Waals surface area contributed by atoms with Crippen LogP contribution >= 0.6 is 0 Å². The van der Waals surface area contributed by atoms with Gasteiger partial charge in [0.1, 0.15) is 11.5 Å². The fourth-order valence-electron chi connectivity index (χ4n) is 2.64. The van der Waals surface area contributed by atoms with Gasteiger partial charge in [0.15, 0.2) is 0 Å². The highest BCUT2D eigenvalue weighted by molar-refractivity contribution is 5.94. The number of amides is 1. The molecule has 0 radical (unpaired) electrons. The predicted octanol–water partition coefficient (Wildman–Crippen LogP) is 2.61. The van der Waals surface area contributed by atoms with Crippen molar-refractivity contribution in [3.05, 3.63) is 46.8 Å². The minimum atomic E-state index is 0.00373. The number of hydrogen-bond acceptors (Lipinski definition) is 4. The van der Waals surface area contributed by atoms with Crippen LogP contribution in [0.15, 0.2) is 28.8 Å². The van der Waals surface area contributed by atoms with Crippen LogP contribution in [-0.2, 0) is 13.0 Å². The lowest BCUT2D eigenvalue weighted by Gasteiger charge is -2.20. The summed E-state index contributed by atoms with van der Waals surface area (Å²) in [5.41, 5.74) is 3.86. The standard InChI is InChI=1S/C16H19N3O2/c1-11-8-14(18-21-11)10-19(2)16(20)13-5-6-15-12(9-13)4-3-7-17-15/h5-6,8-9,17H,3-4,7,10H2,1-2H3. The molecule has 3 rings (SSSR count). The topological polar surface area (TPSA) is 58.4 Å². The molecule has 5 heteroatoms. The number of carbonyl (C=O) groups excluding carboxylic acids is 1. The normalized spacial score (nSPS) is 13.4. The van der Waals surface area contributed by atoms with Crippen LogP contribution in [0.3, 0.4) is 0 Å². The van der Waals surface area contributed by atoms with E-state index in [-0.39, 0.29) is 5.91 Å². The Morgan fingerprint density at radius 3 is 3.05 bits per heavy atom. The molecule has 1 N–H and O–H groups in total. The van der Waals surface area contributed by atoms with E-state index in [9.17, 15) is 4.79 Å². The molecular weight excluding hydrogens is 266 g/mol. The molecule has 1 aromatic carbocycles. The lowest BCUT2D eigenvalue weighted by atomic mass is 10.0. The Morgan fingerprint density at radius 2 is 2.29 bits per heavy atom. The van der Waals surface area contributed by atoms with Crippen LogP contribution in [-0.4, -0.2) is 29.6 Å². The van der Waals surface area contributed by atoms with E-state index in [0.29, 0.717) is 6.54 Å². The molecule has 0 aliphatic carbocycles. The Morgan fingerprint density at radius 1 is 1.43 bits per heavy atom. The largest absolute Gasteiger partial charge is 0.385 e. The molecule has 1 amide bonds. The molecule has 1 aliphatic heterocycles. The van der Waals surface area contributed by atoms with Gasteiger partial charge in [0, 0.05) is 30.9 Å². The van der Waals surface area contributed by atoms with Gasteiger partial charge in [0.2, 0.25) is 0 Å². The average Bonchev–Trinajstić information content (AvgIpc) is 2.91. The number of nitrogens with one attached hydrogen (secondary N) is 1. The number of aromatic nitrogens is 1. The Bertz CT molecular complexity index is 663. The summed E-state index contributed by atoms with van der Waals surface area (Å²) in [6.45, 7) is 3.30. The molecule has 1 aromatic heterocycles. The number of carbonyl (C=O) groups is 1. The van der Waals surface area contributed by atoms with Gasteiger partial charge in [-0.15, -0.1) is 0 Å². The van der Waals surface area contributed by atoms with Crippen molar-refractivity contribution >= 4 is 11.6 Å². The highest BCUT2D eigenvalue weighted by atomic mass is 16.5. The molecule has 1 aliphatic rings. The van der Waals surface area contributed by atoms with Crippen molar-refractivity contribution in [2.45, 2.75) is 26.3 Å². The molecule has 0 saturated carbocycles. The predicted molar refractivity (Wildman–Crippen MR) is 80.3 cm³/mol. The first-order chi connectivity index (χ1) is 10.1. The first-order valence-electron chi connectivity index (χ1n) is 7.18. The van der Waals surface area contributed by atoms with Crippen molar-refractivity contribution in [3.63, 3.8) is 0 Å². The Kier molecular flexibility index (Phi) is 3.64. The number of fused-ring (bicyclic) bond motifs is 1. The van der Waals surface area contributed by atoms with Gasteiger partial charge in [-0.1, -0.05) is 5.16 Å². The summed E-state index contributed by atoms with van der Waals surface area (Å²) < 4.78 is 5.03. The van der Waals surface area contributed by atoms with Gasteiger partial charge in [0.25, 0.3) is 5.91 Å². The third kappa shape index (κ3) is 2.91. The second-order valence-electron chi connectivity index (χ2n) is 5.49. The van der Waals surface area contributed by atoms with Crippen LogP contribution in [0.25, 0.3) is 0 Å². The fourth-order valence-corrected chi connectivity index (χ4v) is 2.64. The molecule has 0 bridgehead atoms. The number of hydrogen-bond donors (Lipinski definition) is 1. The first kappa shape index (κ1) is 13.7. The van der Waals surface area contributed by atoms with E-state index in [1.54, 1.807) is 11.9 Å². The van der Waals surface area contributed by atoms with Gasteiger partial charge in [-0.25, -0.2) is 0 Å². The minimum absolute atomic E-state index is 0.00373. The number of rotatable bonds is 3. The van der Waals surface area contributed by atoms with E-state index in [1.165, 1.54) is 5.56 Å². The molecular formula is C16H19N3O2. The van der Waals surface area contributed by atoms with Crippen LogP contribution in [0.4, 0.5) is 5.69 Å². The number of aryl methyl sites for hydroxylation is 2. The monoisotopic (exact) mass is 285 g/mol. The molecule has 0 atom stereocenters. The van der Waals surface area contributed by atoms with Gasteiger partial charge in [-0.05, 0) is 43.5 Å². The minimum Gasteiger partial charge on any atom is -0.385 e. The van der Waals surface area contributed by atoms with E-state index >= 15 is 0 Å². The zero-order valence-electron chi connectivity index (χ0n) is 12.3. The molecule has 2 aromatic rings. The lowest BCUT2D eigenvalue weighted by molar-refractivity contribution is 0.0782. The van der Waals surface area contributed by atoms with E-state index in [1.807, 2.05) is 31.2 Å². The van der Waals surface area contributed by atoms with Gasteiger partial charge in [0.05, 0.1) is 6.54 Å².